The van der Waals surface area contributed by atoms with Crippen LogP contribution in [0.5, 0.6) is 0 Å². The molecule has 0 bridgehead atoms. The van der Waals surface area contributed by atoms with E-state index in [9.17, 15) is 18.0 Å². The largest absolute Gasteiger partial charge is 0.451 e. The average molecular weight is 416 g/mol. The predicted octanol–water partition coefficient (Wildman–Crippen LogP) is 5.85. The zero-order chi connectivity index (χ0) is 19.8. The second-order valence-electron chi connectivity index (χ2n) is 5.91. The van der Waals surface area contributed by atoms with Crippen molar-refractivity contribution in [1.29, 1.82) is 0 Å². The van der Waals surface area contributed by atoms with Crippen molar-refractivity contribution in [3.63, 3.8) is 0 Å². The molecule has 2 aromatic heterocycles. The molecule has 0 radical (unpaired) electrons. The van der Waals surface area contributed by atoms with E-state index in [-0.39, 0.29) is 28.0 Å². The third kappa shape index (κ3) is 4.30. The Kier molecular flexibility index (Phi) is 5.25. The van der Waals surface area contributed by atoms with Crippen LogP contribution in [0.4, 0.5) is 18.3 Å². The van der Waals surface area contributed by atoms with Crippen LogP contribution in [0.2, 0.25) is 5.02 Å². The number of rotatable bonds is 4. The van der Waals surface area contributed by atoms with Crippen molar-refractivity contribution in [3.8, 4) is 11.3 Å². The Balaban J connectivity index is 1.83. The molecule has 3 rings (SSSR count). The number of carbonyl (C=O) groups is 1. The van der Waals surface area contributed by atoms with E-state index in [0.717, 1.165) is 23.2 Å². The molecule has 0 atom stereocenters. The highest BCUT2D eigenvalue weighted by molar-refractivity contribution is 7.15. The summed E-state index contributed by atoms with van der Waals surface area (Å²) in [4.78, 5) is 12.3. The van der Waals surface area contributed by atoms with Gasteiger partial charge in [0.1, 0.15) is 10.8 Å². The molecule has 10 heteroatoms. The smallest absolute Gasteiger partial charge is 0.416 e. The van der Waals surface area contributed by atoms with Gasteiger partial charge in [-0.25, -0.2) is 0 Å². The molecule has 0 unspecified atom stereocenters. The quantitative estimate of drug-likeness (QED) is 0.580. The minimum absolute atomic E-state index is 0.0450. The number of benzene rings is 1. The van der Waals surface area contributed by atoms with Crippen LogP contribution >= 0.6 is 22.9 Å². The number of aromatic nitrogens is 2. The van der Waals surface area contributed by atoms with Gasteiger partial charge in [-0.1, -0.05) is 36.8 Å². The fraction of sp³-hybridized carbons (Fsp3) is 0.235. The van der Waals surface area contributed by atoms with Crippen LogP contribution in [0.1, 0.15) is 40.9 Å². The molecule has 1 aromatic carbocycles. The van der Waals surface area contributed by atoms with Crippen LogP contribution in [-0.2, 0) is 6.18 Å². The summed E-state index contributed by atoms with van der Waals surface area (Å²) in [6.45, 7) is 3.90. The van der Waals surface area contributed by atoms with Gasteiger partial charge < -0.3 is 4.42 Å². The fourth-order valence-electron chi connectivity index (χ4n) is 2.17. The maximum atomic E-state index is 12.9. The molecule has 0 spiro atoms. The number of nitrogens with one attached hydrogen (secondary N) is 1. The van der Waals surface area contributed by atoms with E-state index in [4.69, 9.17) is 16.0 Å². The number of alkyl halides is 3. The fourth-order valence-corrected chi connectivity index (χ4v) is 3.12. The lowest BCUT2D eigenvalue weighted by molar-refractivity contribution is -0.137. The first-order valence-corrected chi connectivity index (χ1v) is 8.96. The van der Waals surface area contributed by atoms with Gasteiger partial charge in [0.15, 0.2) is 5.76 Å². The van der Waals surface area contributed by atoms with Gasteiger partial charge in [-0.2, -0.15) is 13.2 Å². The summed E-state index contributed by atoms with van der Waals surface area (Å²) in [5.41, 5.74) is -0.817. The normalized spacial score (nSPS) is 11.8. The number of hydrogen-bond acceptors (Lipinski definition) is 5. The highest BCUT2D eigenvalue weighted by Crippen LogP contribution is 2.36. The molecule has 27 heavy (non-hydrogen) atoms. The van der Waals surface area contributed by atoms with Crippen molar-refractivity contribution in [2.24, 2.45) is 0 Å². The lowest BCUT2D eigenvalue weighted by Crippen LogP contribution is -2.10. The molecule has 3 aromatic rings. The Bertz CT molecular complexity index is 982. The summed E-state index contributed by atoms with van der Waals surface area (Å²) in [6, 6.07) is 5.63. The molecule has 0 saturated heterocycles. The number of amides is 1. The summed E-state index contributed by atoms with van der Waals surface area (Å²) in [5.74, 6) is -0.446. The molecule has 1 amide bonds. The van der Waals surface area contributed by atoms with Crippen LogP contribution in [-0.4, -0.2) is 16.1 Å². The minimum atomic E-state index is -4.52. The zero-order valence-corrected chi connectivity index (χ0v) is 15.7. The van der Waals surface area contributed by atoms with Gasteiger partial charge in [0.25, 0.3) is 5.91 Å². The monoisotopic (exact) mass is 415 g/mol. The van der Waals surface area contributed by atoms with Crippen molar-refractivity contribution >= 4 is 34.0 Å². The number of hydrogen-bond donors (Lipinski definition) is 1. The summed E-state index contributed by atoms with van der Waals surface area (Å²) in [5, 5.41) is 11.5. The van der Waals surface area contributed by atoms with Gasteiger partial charge in [-0.05, 0) is 30.3 Å². The van der Waals surface area contributed by atoms with Crippen molar-refractivity contribution in [1.82, 2.24) is 10.2 Å². The van der Waals surface area contributed by atoms with E-state index in [2.05, 4.69) is 15.5 Å². The van der Waals surface area contributed by atoms with Gasteiger partial charge in [-0.3, -0.25) is 10.1 Å². The molecule has 0 aliphatic carbocycles. The topological polar surface area (TPSA) is 68.0 Å². The summed E-state index contributed by atoms with van der Waals surface area (Å²) in [6.07, 6.45) is -4.52. The van der Waals surface area contributed by atoms with E-state index in [0.29, 0.717) is 5.13 Å². The van der Waals surface area contributed by atoms with Gasteiger partial charge in [0.05, 0.1) is 10.6 Å². The van der Waals surface area contributed by atoms with Crippen LogP contribution in [0.25, 0.3) is 11.3 Å². The maximum Gasteiger partial charge on any atom is 0.416 e. The van der Waals surface area contributed by atoms with Crippen molar-refractivity contribution in [3.05, 3.63) is 51.7 Å². The molecule has 2 heterocycles. The molecule has 142 valence electrons. The van der Waals surface area contributed by atoms with Gasteiger partial charge in [0.2, 0.25) is 5.13 Å². The number of halogens is 4. The van der Waals surface area contributed by atoms with E-state index < -0.39 is 17.6 Å². The number of carbonyl (C=O) groups excluding carboxylic acids is 1. The van der Waals surface area contributed by atoms with Gasteiger partial charge in [-0.15, -0.1) is 10.2 Å². The molecular formula is C17H13ClF3N3O2S. The van der Waals surface area contributed by atoms with E-state index in [1.54, 1.807) is 0 Å². The van der Waals surface area contributed by atoms with Crippen LogP contribution in [0.15, 0.2) is 34.7 Å². The van der Waals surface area contributed by atoms with Gasteiger partial charge in [0, 0.05) is 11.5 Å². The standard InChI is InChI=1S/C17H13ClF3N3O2S/c1-8(2)15-23-24-16(27-15)22-14(25)13-6-5-12(26-13)10-7-9(17(19,20)21)3-4-11(10)18/h3-8H,1-2H3,(H,22,24,25). The van der Waals surface area contributed by atoms with Crippen molar-refractivity contribution < 1.29 is 22.4 Å². The Hall–Kier alpha value is -2.39. The molecule has 0 aliphatic heterocycles. The predicted molar refractivity (Wildman–Crippen MR) is 96.1 cm³/mol. The minimum Gasteiger partial charge on any atom is -0.451 e. The highest BCUT2D eigenvalue weighted by Gasteiger charge is 2.31. The van der Waals surface area contributed by atoms with Crippen LogP contribution in [0, 0.1) is 0 Å². The summed E-state index contributed by atoms with van der Waals surface area (Å²) >= 11 is 7.22. The lowest BCUT2D eigenvalue weighted by Gasteiger charge is -2.09. The summed E-state index contributed by atoms with van der Waals surface area (Å²) < 4.78 is 44.1. The highest BCUT2D eigenvalue weighted by atomic mass is 35.5. The molecular weight excluding hydrogens is 403 g/mol. The summed E-state index contributed by atoms with van der Waals surface area (Å²) in [7, 11) is 0. The number of nitrogens with zero attached hydrogens (tertiary/aromatic N) is 2. The second kappa shape index (κ2) is 7.32. The Labute approximate surface area is 161 Å². The lowest BCUT2D eigenvalue weighted by atomic mass is 10.1. The van der Waals surface area contributed by atoms with E-state index >= 15 is 0 Å². The Morgan fingerprint density at radius 1 is 1.22 bits per heavy atom. The molecule has 0 aliphatic rings. The first-order valence-electron chi connectivity index (χ1n) is 7.77. The van der Waals surface area contributed by atoms with Crippen molar-refractivity contribution in [2.45, 2.75) is 25.9 Å². The molecule has 0 fully saturated rings. The average Bonchev–Trinajstić information content (AvgIpc) is 3.23. The molecule has 5 nitrogen and oxygen atoms in total. The van der Waals surface area contributed by atoms with E-state index in [1.165, 1.54) is 23.5 Å². The molecule has 0 saturated carbocycles. The Morgan fingerprint density at radius 2 is 1.96 bits per heavy atom. The van der Waals surface area contributed by atoms with Gasteiger partial charge >= 0.3 is 6.18 Å². The SMILES string of the molecule is CC(C)c1nnc(NC(=O)c2ccc(-c3cc(C(F)(F)F)ccc3Cl)o2)s1. The Morgan fingerprint density at radius 3 is 2.59 bits per heavy atom. The third-order valence-electron chi connectivity index (χ3n) is 3.54. The van der Waals surface area contributed by atoms with Crippen LogP contribution in [0.3, 0.4) is 0 Å². The first kappa shape index (κ1) is 19.4. The number of furan rings is 1. The second-order valence-corrected chi connectivity index (χ2v) is 7.33. The number of anilines is 1. The molecule has 1 N–H and O–H groups in total. The van der Waals surface area contributed by atoms with Crippen molar-refractivity contribution in [2.75, 3.05) is 5.32 Å². The first-order chi connectivity index (χ1) is 12.6. The van der Waals surface area contributed by atoms with Crippen LogP contribution < -0.4 is 5.32 Å². The van der Waals surface area contributed by atoms with E-state index in [1.807, 2.05) is 13.8 Å². The third-order valence-corrected chi connectivity index (χ3v) is 5.01. The zero-order valence-electron chi connectivity index (χ0n) is 14.1. The maximum absolute atomic E-state index is 12.9.